The minimum absolute atomic E-state index is 0.0949. The lowest BCUT2D eigenvalue weighted by Gasteiger charge is -2.08. The van der Waals surface area contributed by atoms with Gasteiger partial charge in [-0.2, -0.15) is 4.39 Å². The number of nitrogens with one attached hydrogen (secondary N) is 1. The second-order valence-electron chi connectivity index (χ2n) is 3.22. The van der Waals surface area contributed by atoms with E-state index in [4.69, 9.17) is 0 Å². The van der Waals surface area contributed by atoms with Crippen LogP contribution in [0.2, 0.25) is 0 Å². The summed E-state index contributed by atoms with van der Waals surface area (Å²) in [7, 11) is 0. The van der Waals surface area contributed by atoms with Crippen LogP contribution in [0.25, 0.3) is 0 Å². The van der Waals surface area contributed by atoms with Crippen LogP contribution >= 0.6 is 0 Å². The standard InChI is InChI=1S/C9H10F2N2/c10-8-5-13-9(11)3-7(8)6-1-2-12-4-6/h3,5-6,12H,1-2,4H2. The lowest BCUT2D eigenvalue weighted by molar-refractivity contribution is 0.537. The number of hydrogen-bond acceptors (Lipinski definition) is 2. The molecule has 0 spiro atoms. The second-order valence-corrected chi connectivity index (χ2v) is 3.22. The zero-order valence-electron chi connectivity index (χ0n) is 7.06. The fourth-order valence-electron chi connectivity index (χ4n) is 1.66. The molecule has 70 valence electrons. The van der Waals surface area contributed by atoms with Gasteiger partial charge < -0.3 is 5.32 Å². The van der Waals surface area contributed by atoms with Gasteiger partial charge in [0.05, 0.1) is 6.20 Å². The third-order valence-electron chi connectivity index (χ3n) is 2.35. The maximum Gasteiger partial charge on any atom is 0.213 e. The van der Waals surface area contributed by atoms with Crippen molar-refractivity contribution in [1.82, 2.24) is 10.3 Å². The highest BCUT2D eigenvalue weighted by Gasteiger charge is 2.20. The van der Waals surface area contributed by atoms with Crippen LogP contribution in [0.1, 0.15) is 17.9 Å². The number of nitrogens with zero attached hydrogens (tertiary/aromatic N) is 1. The fraction of sp³-hybridized carbons (Fsp3) is 0.444. The molecule has 1 unspecified atom stereocenters. The van der Waals surface area contributed by atoms with Crippen molar-refractivity contribution < 1.29 is 8.78 Å². The van der Waals surface area contributed by atoms with Crippen LogP contribution in [0.4, 0.5) is 8.78 Å². The molecule has 0 radical (unpaired) electrons. The van der Waals surface area contributed by atoms with E-state index in [-0.39, 0.29) is 5.92 Å². The first kappa shape index (κ1) is 8.56. The van der Waals surface area contributed by atoms with Crippen LogP contribution in [-0.4, -0.2) is 18.1 Å². The summed E-state index contributed by atoms with van der Waals surface area (Å²) in [6, 6.07) is 1.19. The fourth-order valence-corrected chi connectivity index (χ4v) is 1.66. The van der Waals surface area contributed by atoms with Crippen LogP contribution in [-0.2, 0) is 0 Å². The molecule has 0 aliphatic carbocycles. The summed E-state index contributed by atoms with van der Waals surface area (Å²) >= 11 is 0. The van der Waals surface area contributed by atoms with Crippen LogP contribution in [0, 0.1) is 11.8 Å². The molecule has 1 N–H and O–H groups in total. The summed E-state index contributed by atoms with van der Waals surface area (Å²) in [6.45, 7) is 1.59. The molecule has 2 heterocycles. The van der Waals surface area contributed by atoms with Gasteiger partial charge in [-0.15, -0.1) is 0 Å². The van der Waals surface area contributed by atoms with Crippen LogP contribution in [0.5, 0.6) is 0 Å². The van der Waals surface area contributed by atoms with E-state index in [0.717, 1.165) is 25.7 Å². The molecule has 1 aliphatic heterocycles. The molecular formula is C9H10F2N2. The van der Waals surface area contributed by atoms with Crippen molar-refractivity contribution >= 4 is 0 Å². The molecule has 1 atom stereocenters. The van der Waals surface area contributed by atoms with Crippen molar-refractivity contribution in [2.45, 2.75) is 12.3 Å². The molecule has 0 saturated carbocycles. The molecule has 2 rings (SSSR count). The summed E-state index contributed by atoms with van der Waals surface area (Å²) in [4.78, 5) is 3.25. The van der Waals surface area contributed by atoms with Gasteiger partial charge >= 0.3 is 0 Å². The number of hydrogen-bond donors (Lipinski definition) is 1. The smallest absolute Gasteiger partial charge is 0.213 e. The highest BCUT2D eigenvalue weighted by atomic mass is 19.1. The maximum absolute atomic E-state index is 13.2. The topological polar surface area (TPSA) is 24.9 Å². The van der Waals surface area contributed by atoms with E-state index < -0.39 is 11.8 Å². The van der Waals surface area contributed by atoms with E-state index in [1.54, 1.807) is 0 Å². The SMILES string of the molecule is Fc1cc(C2CCNC2)c(F)cn1. The van der Waals surface area contributed by atoms with E-state index >= 15 is 0 Å². The Morgan fingerprint density at radius 3 is 3.00 bits per heavy atom. The Bertz CT molecular complexity index is 308. The van der Waals surface area contributed by atoms with Crippen molar-refractivity contribution in [2.75, 3.05) is 13.1 Å². The molecule has 1 aliphatic rings. The minimum Gasteiger partial charge on any atom is -0.316 e. The van der Waals surface area contributed by atoms with Gasteiger partial charge in [0.1, 0.15) is 5.82 Å². The third-order valence-corrected chi connectivity index (χ3v) is 2.35. The summed E-state index contributed by atoms with van der Waals surface area (Å²) in [5.41, 5.74) is 0.442. The monoisotopic (exact) mass is 184 g/mol. The molecule has 0 amide bonds. The normalized spacial score (nSPS) is 22.2. The lowest BCUT2D eigenvalue weighted by atomic mass is 9.99. The first-order chi connectivity index (χ1) is 6.27. The van der Waals surface area contributed by atoms with Crippen LogP contribution < -0.4 is 5.32 Å². The quantitative estimate of drug-likeness (QED) is 0.668. The Hall–Kier alpha value is -1.03. The van der Waals surface area contributed by atoms with E-state index in [2.05, 4.69) is 10.3 Å². The number of halogens is 2. The van der Waals surface area contributed by atoms with Gasteiger partial charge in [-0.05, 0) is 24.6 Å². The predicted molar refractivity (Wildman–Crippen MR) is 44.4 cm³/mol. The Kier molecular flexibility index (Phi) is 2.22. The molecule has 13 heavy (non-hydrogen) atoms. The Morgan fingerprint density at radius 2 is 2.31 bits per heavy atom. The zero-order valence-corrected chi connectivity index (χ0v) is 7.06. The third kappa shape index (κ3) is 1.67. The highest BCUT2D eigenvalue weighted by Crippen LogP contribution is 2.24. The molecule has 4 heteroatoms. The van der Waals surface area contributed by atoms with Gasteiger partial charge in [0, 0.05) is 12.5 Å². The second kappa shape index (κ2) is 3.38. The molecule has 1 aromatic rings. The summed E-state index contributed by atoms with van der Waals surface area (Å²) in [6.07, 6.45) is 1.81. The van der Waals surface area contributed by atoms with Crippen LogP contribution in [0.15, 0.2) is 12.3 Å². The number of rotatable bonds is 1. The Morgan fingerprint density at radius 1 is 1.46 bits per heavy atom. The maximum atomic E-state index is 13.2. The largest absolute Gasteiger partial charge is 0.316 e. The van der Waals surface area contributed by atoms with Gasteiger partial charge in [0.2, 0.25) is 5.95 Å². The highest BCUT2D eigenvalue weighted by molar-refractivity contribution is 5.20. The molecule has 2 nitrogen and oxygen atoms in total. The first-order valence-corrected chi connectivity index (χ1v) is 4.29. The van der Waals surface area contributed by atoms with Gasteiger partial charge in [-0.25, -0.2) is 9.37 Å². The van der Waals surface area contributed by atoms with E-state index in [1.807, 2.05) is 0 Å². The van der Waals surface area contributed by atoms with E-state index in [1.165, 1.54) is 6.07 Å². The molecule has 1 fully saturated rings. The Labute approximate surface area is 75.0 Å². The van der Waals surface area contributed by atoms with Gasteiger partial charge in [-0.3, -0.25) is 0 Å². The predicted octanol–water partition coefficient (Wildman–Crippen LogP) is 1.44. The van der Waals surface area contributed by atoms with Crippen LogP contribution in [0.3, 0.4) is 0 Å². The molecule has 1 aromatic heterocycles. The van der Waals surface area contributed by atoms with Crippen molar-refractivity contribution in [3.8, 4) is 0 Å². The average molecular weight is 184 g/mol. The average Bonchev–Trinajstić information content (AvgIpc) is 2.61. The zero-order chi connectivity index (χ0) is 9.26. The Balaban J connectivity index is 2.32. The molecule has 0 bridgehead atoms. The number of pyridine rings is 1. The summed E-state index contributed by atoms with van der Waals surface area (Å²) in [5, 5.41) is 3.11. The lowest BCUT2D eigenvalue weighted by Crippen LogP contribution is -2.09. The summed E-state index contributed by atoms with van der Waals surface area (Å²) < 4.78 is 25.9. The molecule has 1 saturated heterocycles. The summed E-state index contributed by atoms with van der Waals surface area (Å²) in [5.74, 6) is -0.920. The van der Waals surface area contributed by atoms with Crippen molar-refractivity contribution in [3.63, 3.8) is 0 Å². The van der Waals surface area contributed by atoms with Crippen molar-refractivity contribution in [2.24, 2.45) is 0 Å². The number of aromatic nitrogens is 1. The van der Waals surface area contributed by atoms with E-state index in [0.29, 0.717) is 5.56 Å². The van der Waals surface area contributed by atoms with Gasteiger partial charge in [0.25, 0.3) is 0 Å². The molecule has 0 aromatic carbocycles. The van der Waals surface area contributed by atoms with Crippen molar-refractivity contribution in [3.05, 3.63) is 29.6 Å². The first-order valence-electron chi connectivity index (χ1n) is 4.29. The minimum atomic E-state index is -0.608. The van der Waals surface area contributed by atoms with Crippen molar-refractivity contribution in [1.29, 1.82) is 0 Å². The van der Waals surface area contributed by atoms with Gasteiger partial charge in [-0.1, -0.05) is 0 Å². The van der Waals surface area contributed by atoms with Gasteiger partial charge in [0.15, 0.2) is 0 Å². The molecular weight excluding hydrogens is 174 g/mol. The van der Waals surface area contributed by atoms with E-state index in [9.17, 15) is 8.78 Å².